The lowest BCUT2D eigenvalue weighted by molar-refractivity contribution is -0.157. The van der Waals surface area contributed by atoms with Crippen LogP contribution >= 0.6 is 0 Å². The highest BCUT2D eigenvalue weighted by Crippen LogP contribution is 2.69. The van der Waals surface area contributed by atoms with Crippen LogP contribution in [-0.4, -0.2) is 42.1 Å². The van der Waals surface area contributed by atoms with Gasteiger partial charge in [0.1, 0.15) is 5.75 Å². The number of likely N-dealkylation sites (tertiary alicyclic amines) is 1. The molecule has 3 aliphatic carbocycles. The third-order valence-electron chi connectivity index (χ3n) is 9.28. The van der Waals surface area contributed by atoms with Crippen molar-refractivity contribution < 1.29 is 19.4 Å². The maximum atomic E-state index is 13.9. The number of aryl methyl sites for hydroxylation is 1. The number of hydrogen-bond donors (Lipinski definition) is 1. The van der Waals surface area contributed by atoms with Crippen molar-refractivity contribution in [1.82, 2.24) is 4.90 Å². The number of methoxy groups -OCH3 is 1. The molecule has 1 saturated heterocycles. The van der Waals surface area contributed by atoms with E-state index in [4.69, 9.17) is 4.74 Å². The maximum absolute atomic E-state index is 13.9. The Bertz CT molecular complexity index is 1430. The van der Waals surface area contributed by atoms with Gasteiger partial charge >= 0.3 is 5.97 Å². The van der Waals surface area contributed by atoms with Crippen LogP contribution in [0.3, 0.4) is 0 Å². The van der Waals surface area contributed by atoms with Gasteiger partial charge in [0, 0.05) is 41.5 Å². The van der Waals surface area contributed by atoms with Gasteiger partial charge in [0.2, 0.25) is 0 Å². The zero-order valence-corrected chi connectivity index (χ0v) is 21.2. The first-order valence-electron chi connectivity index (χ1n) is 12.9. The number of ether oxygens (including phenoxy) is 1. The predicted octanol–water partition coefficient (Wildman–Crippen LogP) is 5.42. The first-order chi connectivity index (χ1) is 17.8. The molecule has 3 aromatic rings. The number of carboxylic acids is 1. The minimum Gasteiger partial charge on any atom is -0.496 e. The van der Waals surface area contributed by atoms with Crippen molar-refractivity contribution in [3.05, 3.63) is 107 Å². The van der Waals surface area contributed by atoms with Crippen molar-refractivity contribution in [3.63, 3.8) is 0 Å². The molecule has 1 N–H and O–H groups in total. The smallest absolute Gasteiger partial charge is 0.312 e. The second kappa shape index (κ2) is 8.34. The summed E-state index contributed by atoms with van der Waals surface area (Å²) in [6.07, 6.45) is 1.65. The maximum Gasteiger partial charge on any atom is 0.312 e. The third kappa shape index (κ3) is 3.09. The van der Waals surface area contributed by atoms with Gasteiger partial charge in [-0.05, 0) is 42.5 Å². The molecule has 0 unspecified atom stereocenters. The van der Waals surface area contributed by atoms with Gasteiger partial charge in [-0.2, -0.15) is 0 Å². The summed E-state index contributed by atoms with van der Waals surface area (Å²) < 4.78 is 5.48. The van der Waals surface area contributed by atoms with E-state index >= 15 is 0 Å². The molecular formula is C32H31NO4. The summed E-state index contributed by atoms with van der Waals surface area (Å²) in [5, 5.41) is 10.9. The highest BCUT2D eigenvalue weighted by molar-refractivity contribution is 6.19. The molecule has 4 atom stereocenters. The van der Waals surface area contributed by atoms with Crippen LogP contribution in [0.15, 0.2) is 79.4 Å². The van der Waals surface area contributed by atoms with Crippen LogP contribution in [0, 0.1) is 18.3 Å². The first kappa shape index (κ1) is 23.5. The molecule has 37 heavy (non-hydrogen) atoms. The zero-order chi connectivity index (χ0) is 25.9. The van der Waals surface area contributed by atoms with E-state index in [1.54, 1.807) is 18.1 Å². The Hall–Kier alpha value is -3.86. The molecule has 188 valence electrons. The van der Waals surface area contributed by atoms with Gasteiger partial charge in [-0.3, -0.25) is 9.59 Å². The molecule has 0 spiro atoms. The van der Waals surface area contributed by atoms with Crippen molar-refractivity contribution in [2.45, 2.75) is 31.1 Å². The van der Waals surface area contributed by atoms with E-state index < -0.39 is 16.8 Å². The van der Waals surface area contributed by atoms with Crippen LogP contribution in [0.4, 0.5) is 0 Å². The summed E-state index contributed by atoms with van der Waals surface area (Å²) in [6.45, 7) is 6.73. The Labute approximate surface area is 217 Å². The predicted molar refractivity (Wildman–Crippen MR) is 143 cm³/mol. The second-order valence-electron chi connectivity index (χ2n) is 10.8. The average Bonchev–Trinajstić information content (AvgIpc) is 3.37. The molecule has 5 nitrogen and oxygen atoms in total. The number of carboxylic acid groups (broad SMARTS) is 1. The number of benzene rings is 3. The molecule has 1 heterocycles. The molecule has 5 heteroatoms. The molecule has 7 rings (SSSR count). The number of nitrogens with zero attached hydrogens (tertiary/aromatic N) is 1. The lowest BCUT2D eigenvalue weighted by atomic mass is 9.42. The van der Waals surface area contributed by atoms with E-state index in [2.05, 4.69) is 56.0 Å². The van der Waals surface area contributed by atoms with Gasteiger partial charge < -0.3 is 14.7 Å². The van der Waals surface area contributed by atoms with Crippen LogP contribution < -0.4 is 4.74 Å². The topological polar surface area (TPSA) is 66.8 Å². The summed E-state index contributed by atoms with van der Waals surface area (Å²) in [7, 11) is 1.57. The van der Waals surface area contributed by atoms with Crippen molar-refractivity contribution in [2.24, 2.45) is 11.3 Å². The fourth-order valence-corrected chi connectivity index (χ4v) is 7.66. The van der Waals surface area contributed by atoms with E-state index in [9.17, 15) is 14.7 Å². The van der Waals surface area contributed by atoms with Crippen molar-refractivity contribution in [1.29, 1.82) is 0 Å². The van der Waals surface area contributed by atoms with E-state index in [1.165, 1.54) is 11.1 Å². The van der Waals surface area contributed by atoms with Crippen LogP contribution in [-0.2, 0) is 15.0 Å². The average molecular weight is 494 g/mol. The standard InChI is InChI=1S/C32H31NO4/c1-20-12-14-22(15-13-20)31-17-16-26(24-9-4-6-10-25(24)31)32(30(35)36)19-33(18-28(31)32)29(34)21(2)23-8-5-7-11-27(23)37-3/h4-15,26,28H,2,16-19H2,1,3H3,(H,35,36)/t26-,28+,31-,32+/m1/s1. The normalized spacial score (nSPS) is 27.4. The van der Waals surface area contributed by atoms with Crippen LogP contribution in [0.1, 0.15) is 46.6 Å². The summed E-state index contributed by atoms with van der Waals surface area (Å²) >= 11 is 0. The molecule has 2 fully saturated rings. The Morgan fingerprint density at radius 3 is 2.46 bits per heavy atom. The van der Waals surface area contributed by atoms with E-state index in [-0.39, 0.29) is 24.3 Å². The van der Waals surface area contributed by atoms with Crippen molar-refractivity contribution >= 4 is 17.4 Å². The van der Waals surface area contributed by atoms with E-state index in [0.717, 1.165) is 24.0 Å². The minimum atomic E-state index is -1.06. The largest absolute Gasteiger partial charge is 0.496 e. The fraction of sp³-hybridized carbons (Fsp3) is 0.312. The van der Waals surface area contributed by atoms with Gasteiger partial charge in [-0.15, -0.1) is 0 Å². The quantitative estimate of drug-likeness (QED) is 0.482. The third-order valence-corrected chi connectivity index (χ3v) is 9.28. The molecule has 4 aliphatic rings. The molecule has 0 aromatic heterocycles. The zero-order valence-electron chi connectivity index (χ0n) is 21.2. The van der Waals surface area contributed by atoms with Crippen LogP contribution in [0.5, 0.6) is 5.75 Å². The lowest BCUT2D eigenvalue weighted by Gasteiger charge is -2.59. The first-order valence-corrected chi connectivity index (χ1v) is 12.9. The summed E-state index contributed by atoms with van der Waals surface area (Å²) in [5.41, 5.74) is 4.06. The number of amides is 1. The van der Waals surface area contributed by atoms with E-state index in [0.29, 0.717) is 23.4 Å². The fourth-order valence-electron chi connectivity index (χ4n) is 7.66. The van der Waals surface area contributed by atoms with Gasteiger partial charge in [0.25, 0.3) is 5.91 Å². The number of fused-ring (bicyclic) bond motifs is 1. The van der Waals surface area contributed by atoms with Crippen LogP contribution in [0.2, 0.25) is 0 Å². The monoisotopic (exact) mass is 493 g/mol. The van der Waals surface area contributed by atoms with E-state index in [1.807, 2.05) is 24.3 Å². The summed E-state index contributed by atoms with van der Waals surface area (Å²) in [5.74, 6) is -0.860. The molecule has 1 amide bonds. The molecule has 3 aromatic carbocycles. The number of para-hydroxylation sites is 1. The van der Waals surface area contributed by atoms with Gasteiger partial charge in [-0.1, -0.05) is 78.9 Å². The Balaban J connectivity index is 1.49. The van der Waals surface area contributed by atoms with Crippen molar-refractivity contribution in [3.8, 4) is 5.75 Å². The van der Waals surface area contributed by atoms with Crippen LogP contribution in [0.25, 0.3) is 5.57 Å². The highest BCUT2D eigenvalue weighted by Gasteiger charge is 2.70. The number of carbonyl (C=O) groups is 2. The summed E-state index contributed by atoms with van der Waals surface area (Å²) in [4.78, 5) is 28.9. The number of carbonyl (C=O) groups excluding carboxylic acids is 1. The Morgan fingerprint density at radius 2 is 1.73 bits per heavy atom. The summed E-state index contributed by atoms with van der Waals surface area (Å²) in [6, 6.07) is 24.2. The lowest BCUT2D eigenvalue weighted by Crippen LogP contribution is -2.60. The van der Waals surface area contributed by atoms with Gasteiger partial charge in [-0.25, -0.2) is 0 Å². The number of aliphatic carboxylic acids is 1. The van der Waals surface area contributed by atoms with Gasteiger partial charge in [0.05, 0.1) is 12.5 Å². The molecule has 1 saturated carbocycles. The second-order valence-corrected chi connectivity index (χ2v) is 10.8. The van der Waals surface area contributed by atoms with Crippen molar-refractivity contribution in [2.75, 3.05) is 20.2 Å². The number of hydrogen-bond acceptors (Lipinski definition) is 3. The Morgan fingerprint density at radius 1 is 1.03 bits per heavy atom. The minimum absolute atomic E-state index is 0.143. The molecule has 0 radical (unpaired) electrons. The Kier molecular flexibility index (Phi) is 5.30. The molecule has 1 aliphatic heterocycles. The highest BCUT2D eigenvalue weighted by atomic mass is 16.5. The SMILES string of the molecule is C=C(C(=O)N1C[C@H]2[C@@]3(c4ccc(C)cc4)CC[C@H](c4ccccc43)[C@@]2(C(=O)O)C1)c1ccccc1OC. The molecular weight excluding hydrogens is 462 g/mol. The number of rotatable bonds is 5. The molecule has 2 bridgehead atoms. The van der Waals surface area contributed by atoms with Gasteiger partial charge in [0.15, 0.2) is 0 Å².